The van der Waals surface area contributed by atoms with E-state index in [0.717, 1.165) is 12.1 Å². The van der Waals surface area contributed by atoms with Crippen LogP contribution in [0.3, 0.4) is 0 Å². The van der Waals surface area contributed by atoms with Crippen molar-refractivity contribution in [2.24, 2.45) is 0 Å². The van der Waals surface area contributed by atoms with Crippen LogP contribution in [0, 0.1) is 0 Å². The number of halogens is 4. The van der Waals surface area contributed by atoms with Gasteiger partial charge in [0, 0.05) is 11.8 Å². The molecule has 0 spiro atoms. The van der Waals surface area contributed by atoms with E-state index < -0.39 is 22.8 Å². The summed E-state index contributed by atoms with van der Waals surface area (Å²) in [6, 6.07) is 3.65. The molecule has 0 aliphatic heterocycles. The van der Waals surface area contributed by atoms with Gasteiger partial charge in [0.25, 0.3) is 0 Å². The number of aromatic nitrogens is 1. The highest BCUT2D eigenvalue weighted by Crippen LogP contribution is 2.36. The number of amides is 2. The van der Waals surface area contributed by atoms with Crippen molar-refractivity contribution in [3.8, 4) is 0 Å². The van der Waals surface area contributed by atoms with E-state index in [0.29, 0.717) is 0 Å². The van der Waals surface area contributed by atoms with Crippen LogP contribution in [0.2, 0.25) is 5.02 Å². The van der Waals surface area contributed by atoms with Crippen molar-refractivity contribution < 1.29 is 22.5 Å². The summed E-state index contributed by atoms with van der Waals surface area (Å²) in [7, 11) is 0. The number of rotatable bonds is 2. The number of anilines is 2. The molecule has 106 valence electrons. The fraction of sp³-hybridized carbons (Fsp3) is 0.0909. The zero-order chi connectivity index (χ0) is 14.8. The Labute approximate surface area is 115 Å². The average Bonchev–Trinajstić information content (AvgIpc) is 2.83. The highest BCUT2D eigenvalue weighted by molar-refractivity contribution is 6.31. The van der Waals surface area contributed by atoms with Crippen LogP contribution in [0.4, 0.5) is 29.5 Å². The number of alkyl halides is 3. The molecule has 0 aliphatic carbocycles. The van der Waals surface area contributed by atoms with Crippen LogP contribution < -0.4 is 10.6 Å². The van der Waals surface area contributed by atoms with E-state index in [9.17, 15) is 18.0 Å². The lowest BCUT2D eigenvalue weighted by atomic mass is 10.2. The molecular formula is C11H7ClF3N3O2. The summed E-state index contributed by atoms with van der Waals surface area (Å²) in [5, 5.41) is 7.38. The SMILES string of the molecule is O=C(Nc1ccc(Cl)c(C(F)(F)F)c1)Nc1ccno1. The van der Waals surface area contributed by atoms with Crippen LogP contribution in [0.25, 0.3) is 0 Å². The second kappa shape index (κ2) is 5.41. The van der Waals surface area contributed by atoms with Crippen molar-refractivity contribution >= 4 is 29.2 Å². The average molecular weight is 306 g/mol. The van der Waals surface area contributed by atoms with Gasteiger partial charge in [0.05, 0.1) is 16.8 Å². The van der Waals surface area contributed by atoms with Crippen molar-refractivity contribution in [1.29, 1.82) is 0 Å². The molecule has 0 saturated carbocycles. The summed E-state index contributed by atoms with van der Waals surface area (Å²) in [5.41, 5.74) is -1.09. The molecule has 0 unspecified atom stereocenters. The zero-order valence-electron chi connectivity index (χ0n) is 9.66. The smallest absolute Gasteiger partial charge is 0.338 e. The van der Waals surface area contributed by atoms with Gasteiger partial charge >= 0.3 is 12.2 Å². The molecule has 5 nitrogen and oxygen atoms in total. The minimum absolute atomic E-state index is 0.0567. The highest BCUT2D eigenvalue weighted by atomic mass is 35.5. The Bertz CT molecular complexity index is 614. The normalized spacial score (nSPS) is 11.2. The Morgan fingerprint density at radius 2 is 2.00 bits per heavy atom. The van der Waals surface area contributed by atoms with E-state index in [1.807, 2.05) is 0 Å². The molecule has 2 aromatic rings. The van der Waals surface area contributed by atoms with Crippen molar-refractivity contribution in [1.82, 2.24) is 5.16 Å². The maximum Gasteiger partial charge on any atom is 0.417 e. The summed E-state index contributed by atoms with van der Waals surface area (Å²) in [4.78, 5) is 11.5. The fourth-order valence-electron chi connectivity index (χ4n) is 1.37. The molecule has 0 aliphatic rings. The van der Waals surface area contributed by atoms with E-state index in [1.54, 1.807) is 0 Å². The first-order valence-electron chi connectivity index (χ1n) is 5.21. The largest absolute Gasteiger partial charge is 0.417 e. The number of hydrogen-bond acceptors (Lipinski definition) is 3. The van der Waals surface area contributed by atoms with Crippen LogP contribution in [0.1, 0.15) is 5.56 Å². The van der Waals surface area contributed by atoms with E-state index in [4.69, 9.17) is 11.6 Å². The van der Waals surface area contributed by atoms with Crippen molar-refractivity contribution in [2.75, 3.05) is 10.6 Å². The number of hydrogen-bond donors (Lipinski definition) is 2. The lowest BCUT2D eigenvalue weighted by Crippen LogP contribution is -2.19. The second-order valence-corrected chi connectivity index (χ2v) is 4.06. The number of benzene rings is 1. The van der Waals surface area contributed by atoms with Gasteiger partial charge in [-0.1, -0.05) is 16.8 Å². The van der Waals surface area contributed by atoms with Crippen molar-refractivity contribution in [3.63, 3.8) is 0 Å². The first kappa shape index (κ1) is 14.2. The number of urea groups is 1. The van der Waals surface area contributed by atoms with Crippen LogP contribution in [-0.2, 0) is 6.18 Å². The summed E-state index contributed by atoms with van der Waals surface area (Å²) in [6.07, 6.45) is -3.30. The molecule has 2 N–H and O–H groups in total. The Balaban J connectivity index is 2.12. The number of nitrogens with one attached hydrogen (secondary N) is 2. The molecule has 1 aromatic carbocycles. The molecule has 9 heteroatoms. The third-order valence-corrected chi connectivity index (χ3v) is 2.53. The molecule has 0 atom stereocenters. The third-order valence-electron chi connectivity index (χ3n) is 2.20. The van der Waals surface area contributed by atoms with Gasteiger partial charge in [-0.15, -0.1) is 0 Å². The first-order valence-corrected chi connectivity index (χ1v) is 5.59. The predicted molar refractivity (Wildman–Crippen MR) is 65.6 cm³/mol. The van der Waals surface area contributed by atoms with Crippen LogP contribution in [0.5, 0.6) is 0 Å². The van der Waals surface area contributed by atoms with Gasteiger partial charge in [-0.2, -0.15) is 13.2 Å². The predicted octanol–water partition coefficient (Wildman–Crippen LogP) is 3.99. The van der Waals surface area contributed by atoms with Crippen LogP contribution in [0.15, 0.2) is 35.0 Å². The molecule has 0 fully saturated rings. The van der Waals surface area contributed by atoms with Gasteiger partial charge in [-0.3, -0.25) is 5.32 Å². The maximum absolute atomic E-state index is 12.6. The molecule has 0 saturated heterocycles. The minimum atomic E-state index is -4.60. The van der Waals surface area contributed by atoms with E-state index in [1.165, 1.54) is 18.3 Å². The summed E-state index contributed by atoms with van der Waals surface area (Å²) >= 11 is 5.46. The minimum Gasteiger partial charge on any atom is -0.338 e. The molecule has 2 amide bonds. The number of nitrogens with zero attached hydrogens (tertiary/aromatic N) is 1. The third kappa shape index (κ3) is 3.41. The van der Waals surface area contributed by atoms with Gasteiger partial charge in [-0.05, 0) is 18.2 Å². The molecule has 0 bridgehead atoms. The highest BCUT2D eigenvalue weighted by Gasteiger charge is 2.33. The summed E-state index contributed by atoms with van der Waals surface area (Å²) in [6.45, 7) is 0. The summed E-state index contributed by atoms with van der Waals surface area (Å²) < 4.78 is 42.5. The van der Waals surface area contributed by atoms with Crippen LogP contribution in [-0.4, -0.2) is 11.2 Å². The Hall–Kier alpha value is -2.22. The summed E-state index contributed by atoms with van der Waals surface area (Å²) in [5.74, 6) is 0.0625. The molecule has 2 rings (SSSR count). The van der Waals surface area contributed by atoms with Crippen LogP contribution >= 0.6 is 11.6 Å². The Kier molecular flexibility index (Phi) is 3.84. The molecular weight excluding hydrogens is 299 g/mol. The maximum atomic E-state index is 12.6. The first-order chi connectivity index (χ1) is 9.36. The van der Waals surface area contributed by atoms with Crippen molar-refractivity contribution in [2.45, 2.75) is 6.18 Å². The van der Waals surface area contributed by atoms with Gasteiger partial charge < -0.3 is 9.84 Å². The quantitative estimate of drug-likeness (QED) is 0.881. The zero-order valence-corrected chi connectivity index (χ0v) is 10.4. The van der Waals surface area contributed by atoms with Gasteiger partial charge in [0.2, 0.25) is 5.88 Å². The Morgan fingerprint density at radius 1 is 1.25 bits per heavy atom. The number of carbonyl (C=O) groups excluding carboxylic acids is 1. The van der Waals surface area contributed by atoms with Crippen molar-refractivity contribution in [3.05, 3.63) is 41.0 Å². The van der Waals surface area contributed by atoms with E-state index >= 15 is 0 Å². The topological polar surface area (TPSA) is 67.2 Å². The van der Waals surface area contributed by atoms with E-state index in [2.05, 4.69) is 20.3 Å². The molecule has 0 radical (unpaired) electrons. The second-order valence-electron chi connectivity index (χ2n) is 3.65. The molecule has 20 heavy (non-hydrogen) atoms. The standard InChI is InChI=1S/C11H7ClF3N3O2/c12-8-2-1-6(5-7(8)11(13,14)15)17-10(19)18-9-3-4-16-20-9/h1-5H,(H2,17,18,19). The van der Waals surface area contributed by atoms with Gasteiger partial charge in [-0.25, -0.2) is 4.79 Å². The lowest BCUT2D eigenvalue weighted by molar-refractivity contribution is -0.137. The fourth-order valence-corrected chi connectivity index (χ4v) is 1.60. The molecule has 1 heterocycles. The monoisotopic (exact) mass is 305 g/mol. The number of carbonyl (C=O) groups is 1. The Morgan fingerprint density at radius 3 is 2.60 bits per heavy atom. The van der Waals surface area contributed by atoms with E-state index in [-0.39, 0.29) is 11.6 Å². The van der Waals surface area contributed by atoms with Gasteiger partial charge in [0.1, 0.15) is 0 Å². The van der Waals surface area contributed by atoms with Gasteiger partial charge in [0.15, 0.2) is 0 Å². The molecule has 1 aromatic heterocycles. The lowest BCUT2D eigenvalue weighted by Gasteiger charge is -2.11.